The minimum Gasteiger partial charge on any atom is -0.379 e. The molecule has 0 spiro atoms. The van der Waals surface area contributed by atoms with Gasteiger partial charge in [-0.2, -0.15) is 0 Å². The van der Waals surface area contributed by atoms with Crippen molar-refractivity contribution in [2.75, 3.05) is 32.8 Å². The number of rotatable bonds is 6. The van der Waals surface area contributed by atoms with Gasteiger partial charge in [0.05, 0.1) is 12.5 Å². The predicted octanol–water partition coefficient (Wildman–Crippen LogP) is 0.951. The lowest BCUT2D eigenvalue weighted by Crippen LogP contribution is -2.41. The van der Waals surface area contributed by atoms with Crippen molar-refractivity contribution in [2.24, 2.45) is 11.8 Å². The first kappa shape index (κ1) is 14.7. The molecule has 17 heavy (non-hydrogen) atoms. The first-order chi connectivity index (χ1) is 7.86. The minimum absolute atomic E-state index is 0. The van der Waals surface area contributed by atoms with Crippen LogP contribution < -0.4 is 10.6 Å². The van der Waals surface area contributed by atoms with Crippen molar-refractivity contribution in [3.8, 4) is 0 Å². The maximum atomic E-state index is 11.7. The van der Waals surface area contributed by atoms with Gasteiger partial charge >= 0.3 is 0 Å². The molecule has 0 radical (unpaired) electrons. The van der Waals surface area contributed by atoms with E-state index in [1.165, 1.54) is 12.8 Å². The summed E-state index contributed by atoms with van der Waals surface area (Å²) in [4.78, 5) is 11.7. The summed E-state index contributed by atoms with van der Waals surface area (Å²) in [5.74, 6) is 1.15. The van der Waals surface area contributed by atoms with Crippen LogP contribution in [0.1, 0.15) is 25.7 Å². The lowest BCUT2D eigenvalue weighted by molar-refractivity contribution is -0.125. The SMILES string of the molecule is Cl.O=C(NCCOCC1CC1)[C@@H]1CCCNC1. The molecule has 0 aromatic carbocycles. The van der Waals surface area contributed by atoms with Gasteiger partial charge in [-0.3, -0.25) is 4.79 Å². The lowest BCUT2D eigenvalue weighted by atomic mass is 9.99. The summed E-state index contributed by atoms with van der Waals surface area (Å²) in [6, 6.07) is 0. The molecule has 0 aromatic rings. The number of carbonyl (C=O) groups is 1. The average Bonchev–Trinajstić information content (AvgIpc) is 3.13. The molecule has 0 bridgehead atoms. The van der Waals surface area contributed by atoms with Crippen LogP contribution in [0.4, 0.5) is 0 Å². The number of piperidine rings is 1. The molecule has 1 aliphatic carbocycles. The van der Waals surface area contributed by atoms with Gasteiger partial charge in [0.15, 0.2) is 0 Å². The van der Waals surface area contributed by atoms with Crippen LogP contribution in [-0.4, -0.2) is 38.8 Å². The second-order valence-corrected chi connectivity index (χ2v) is 4.85. The standard InChI is InChI=1S/C12H22N2O2.ClH/c15-12(11-2-1-5-13-8-11)14-6-7-16-9-10-3-4-10;/h10-11,13H,1-9H2,(H,14,15);1H/t11-;/m1./s1. The van der Waals surface area contributed by atoms with Gasteiger partial charge in [-0.15, -0.1) is 12.4 Å². The number of ether oxygens (including phenoxy) is 1. The Kier molecular flexibility index (Phi) is 6.85. The van der Waals surface area contributed by atoms with Gasteiger partial charge in [-0.1, -0.05) is 0 Å². The Morgan fingerprint density at radius 1 is 1.35 bits per heavy atom. The van der Waals surface area contributed by atoms with Crippen LogP contribution in [0.2, 0.25) is 0 Å². The third-order valence-corrected chi connectivity index (χ3v) is 3.26. The summed E-state index contributed by atoms with van der Waals surface area (Å²) in [7, 11) is 0. The second kappa shape index (κ2) is 7.90. The molecular weight excluding hydrogens is 240 g/mol. The van der Waals surface area contributed by atoms with Crippen LogP contribution in [-0.2, 0) is 9.53 Å². The summed E-state index contributed by atoms with van der Waals surface area (Å²) in [6.45, 7) is 4.06. The second-order valence-electron chi connectivity index (χ2n) is 4.85. The molecule has 4 nitrogen and oxygen atoms in total. The zero-order valence-corrected chi connectivity index (χ0v) is 11.1. The fourth-order valence-corrected chi connectivity index (χ4v) is 2.00. The topological polar surface area (TPSA) is 50.4 Å². The van der Waals surface area contributed by atoms with Crippen molar-refractivity contribution in [2.45, 2.75) is 25.7 Å². The van der Waals surface area contributed by atoms with E-state index >= 15 is 0 Å². The predicted molar refractivity (Wildman–Crippen MR) is 69.4 cm³/mol. The Morgan fingerprint density at radius 2 is 2.18 bits per heavy atom. The highest BCUT2D eigenvalue weighted by Gasteiger charge is 2.22. The fraction of sp³-hybridized carbons (Fsp3) is 0.917. The van der Waals surface area contributed by atoms with Crippen molar-refractivity contribution in [3.63, 3.8) is 0 Å². The van der Waals surface area contributed by atoms with Crippen molar-refractivity contribution in [1.29, 1.82) is 0 Å². The van der Waals surface area contributed by atoms with E-state index in [2.05, 4.69) is 10.6 Å². The Balaban J connectivity index is 0.00000144. The largest absolute Gasteiger partial charge is 0.379 e. The van der Waals surface area contributed by atoms with E-state index < -0.39 is 0 Å². The Hall–Kier alpha value is -0.320. The third-order valence-electron chi connectivity index (χ3n) is 3.26. The molecule has 1 heterocycles. The van der Waals surface area contributed by atoms with E-state index in [0.717, 1.165) is 38.5 Å². The van der Waals surface area contributed by atoms with Gasteiger partial charge < -0.3 is 15.4 Å². The summed E-state index contributed by atoms with van der Waals surface area (Å²) in [6.07, 6.45) is 4.76. The van der Waals surface area contributed by atoms with E-state index in [9.17, 15) is 4.79 Å². The highest BCUT2D eigenvalue weighted by molar-refractivity contribution is 5.85. The minimum atomic E-state index is 0. The quantitative estimate of drug-likeness (QED) is 0.701. The number of amides is 1. The molecule has 0 unspecified atom stereocenters. The number of halogens is 1. The zero-order valence-electron chi connectivity index (χ0n) is 10.2. The fourth-order valence-electron chi connectivity index (χ4n) is 2.00. The summed E-state index contributed by atoms with van der Waals surface area (Å²) < 4.78 is 5.46. The smallest absolute Gasteiger partial charge is 0.224 e. The van der Waals surface area contributed by atoms with Crippen molar-refractivity contribution in [1.82, 2.24) is 10.6 Å². The van der Waals surface area contributed by atoms with Gasteiger partial charge in [0.1, 0.15) is 0 Å². The molecule has 1 amide bonds. The van der Waals surface area contributed by atoms with Gasteiger partial charge in [-0.25, -0.2) is 0 Å². The van der Waals surface area contributed by atoms with Crippen LogP contribution in [0.15, 0.2) is 0 Å². The molecule has 2 fully saturated rings. The van der Waals surface area contributed by atoms with Gasteiger partial charge in [0.2, 0.25) is 5.91 Å². The van der Waals surface area contributed by atoms with E-state index in [1.54, 1.807) is 0 Å². The summed E-state index contributed by atoms with van der Waals surface area (Å²) in [5, 5.41) is 6.19. The molecule has 100 valence electrons. The Bertz CT molecular complexity index is 229. The molecule has 0 aromatic heterocycles. The highest BCUT2D eigenvalue weighted by Crippen LogP contribution is 2.28. The first-order valence-corrected chi connectivity index (χ1v) is 6.42. The summed E-state index contributed by atoms with van der Waals surface area (Å²) >= 11 is 0. The van der Waals surface area contributed by atoms with E-state index in [0.29, 0.717) is 13.2 Å². The van der Waals surface area contributed by atoms with Crippen LogP contribution in [0.5, 0.6) is 0 Å². The maximum absolute atomic E-state index is 11.7. The van der Waals surface area contributed by atoms with Crippen LogP contribution in [0, 0.1) is 11.8 Å². The molecule has 1 atom stereocenters. The van der Waals surface area contributed by atoms with Gasteiger partial charge in [0, 0.05) is 19.7 Å². The van der Waals surface area contributed by atoms with Crippen LogP contribution in [0.25, 0.3) is 0 Å². The number of nitrogens with one attached hydrogen (secondary N) is 2. The van der Waals surface area contributed by atoms with Gasteiger partial charge in [-0.05, 0) is 38.1 Å². The lowest BCUT2D eigenvalue weighted by Gasteiger charge is -2.21. The molecule has 1 aliphatic heterocycles. The molecular formula is C12H23ClN2O2. The highest BCUT2D eigenvalue weighted by atomic mass is 35.5. The third kappa shape index (κ3) is 5.70. The van der Waals surface area contributed by atoms with Crippen LogP contribution >= 0.6 is 12.4 Å². The number of carbonyl (C=O) groups excluding carboxylic acids is 1. The molecule has 5 heteroatoms. The first-order valence-electron chi connectivity index (χ1n) is 6.42. The Morgan fingerprint density at radius 3 is 2.82 bits per heavy atom. The van der Waals surface area contributed by atoms with Crippen LogP contribution in [0.3, 0.4) is 0 Å². The van der Waals surface area contributed by atoms with E-state index in [1.807, 2.05) is 0 Å². The van der Waals surface area contributed by atoms with Crippen molar-refractivity contribution in [3.05, 3.63) is 0 Å². The van der Waals surface area contributed by atoms with E-state index in [4.69, 9.17) is 4.74 Å². The summed E-state index contributed by atoms with van der Waals surface area (Å²) in [5.41, 5.74) is 0. The number of hydrogen-bond acceptors (Lipinski definition) is 3. The molecule has 2 N–H and O–H groups in total. The molecule has 1 saturated heterocycles. The number of hydrogen-bond donors (Lipinski definition) is 2. The molecule has 1 saturated carbocycles. The Labute approximate surface area is 109 Å². The normalized spacial score (nSPS) is 23.9. The maximum Gasteiger partial charge on any atom is 0.224 e. The monoisotopic (exact) mass is 262 g/mol. The molecule has 2 aliphatic rings. The van der Waals surface area contributed by atoms with E-state index in [-0.39, 0.29) is 24.2 Å². The molecule has 2 rings (SSSR count). The average molecular weight is 263 g/mol. The van der Waals surface area contributed by atoms with Crippen molar-refractivity contribution >= 4 is 18.3 Å². The van der Waals surface area contributed by atoms with Gasteiger partial charge in [0.25, 0.3) is 0 Å². The van der Waals surface area contributed by atoms with Crippen molar-refractivity contribution < 1.29 is 9.53 Å². The zero-order chi connectivity index (χ0) is 11.2.